The SMILES string of the molecule is CC1CCC(C)N(c2cccc(Br)c2CN)C1. The third kappa shape index (κ3) is 2.66. The van der Waals surface area contributed by atoms with Gasteiger partial charge in [-0.25, -0.2) is 0 Å². The first-order valence-electron chi connectivity index (χ1n) is 6.37. The summed E-state index contributed by atoms with van der Waals surface area (Å²) in [7, 11) is 0. The number of nitrogens with two attached hydrogens (primary N) is 1. The number of anilines is 1. The monoisotopic (exact) mass is 296 g/mol. The van der Waals surface area contributed by atoms with E-state index < -0.39 is 0 Å². The van der Waals surface area contributed by atoms with Crippen LogP contribution in [0, 0.1) is 5.92 Å². The molecule has 1 fully saturated rings. The van der Waals surface area contributed by atoms with Crippen LogP contribution >= 0.6 is 15.9 Å². The molecule has 0 aliphatic carbocycles. The molecule has 1 aliphatic heterocycles. The summed E-state index contributed by atoms with van der Waals surface area (Å²) in [5, 5.41) is 0. The van der Waals surface area contributed by atoms with Crippen LogP contribution in [0.15, 0.2) is 22.7 Å². The smallest absolute Gasteiger partial charge is 0.0425 e. The van der Waals surface area contributed by atoms with Crippen LogP contribution in [-0.2, 0) is 6.54 Å². The van der Waals surface area contributed by atoms with Crippen molar-refractivity contribution in [2.75, 3.05) is 11.4 Å². The topological polar surface area (TPSA) is 29.3 Å². The quantitative estimate of drug-likeness (QED) is 0.905. The summed E-state index contributed by atoms with van der Waals surface area (Å²) in [5.74, 6) is 0.774. The van der Waals surface area contributed by atoms with E-state index in [9.17, 15) is 0 Å². The summed E-state index contributed by atoms with van der Waals surface area (Å²) in [5.41, 5.74) is 8.42. The van der Waals surface area contributed by atoms with E-state index in [1.807, 2.05) is 0 Å². The first-order chi connectivity index (χ1) is 8.13. The second-order valence-electron chi connectivity index (χ2n) is 5.13. The van der Waals surface area contributed by atoms with E-state index in [-0.39, 0.29) is 0 Å². The first kappa shape index (κ1) is 12.9. The van der Waals surface area contributed by atoms with E-state index >= 15 is 0 Å². The van der Waals surface area contributed by atoms with Crippen LogP contribution in [0.1, 0.15) is 32.3 Å². The molecule has 94 valence electrons. The fraction of sp³-hybridized carbons (Fsp3) is 0.571. The van der Waals surface area contributed by atoms with Crippen molar-refractivity contribution in [3.05, 3.63) is 28.2 Å². The van der Waals surface area contributed by atoms with Crippen LogP contribution in [-0.4, -0.2) is 12.6 Å². The van der Waals surface area contributed by atoms with Crippen LogP contribution in [0.4, 0.5) is 5.69 Å². The fourth-order valence-corrected chi connectivity index (χ4v) is 3.16. The van der Waals surface area contributed by atoms with Crippen molar-refractivity contribution in [3.63, 3.8) is 0 Å². The Kier molecular flexibility index (Phi) is 4.10. The molecular formula is C14H21BrN2. The molecule has 1 aromatic carbocycles. The van der Waals surface area contributed by atoms with Gasteiger partial charge in [0.2, 0.25) is 0 Å². The van der Waals surface area contributed by atoms with Gasteiger partial charge in [0.1, 0.15) is 0 Å². The van der Waals surface area contributed by atoms with Gasteiger partial charge in [0.05, 0.1) is 0 Å². The van der Waals surface area contributed by atoms with Gasteiger partial charge in [0, 0.05) is 34.9 Å². The molecule has 2 N–H and O–H groups in total. The Morgan fingerprint density at radius 2 is 2.12 bits per heavy atom. The Morgan fingerprint density at radius 3 is 2.82 bits per heavy atom. The molecule has 0 spiro atoms. The highest BCUT2D eigenvalue weighted by molar-refractivity contribution is 9.10. The highest BCUT2D eigenvalue weighted by Gasteiger charge is 2.24. The van der Waals surface area contributed by atoms with Crippen LogP contribution < -0.4 is 10.6 Å². The summed E-state index contributed by atoms with van der Waals surface area (Å²) in [6.45, 7) is 6.38. The maximum absolute atomic E-state index is 5.88. The van der Waals surface area contributed by atoms with Gasteiger partial charge in [0.15, 0.2) is 0 Å². The summed E-state index contributed by atoms with van der Waals surface area (Å²) in [6.07, 6.45) is 2.61. The van der Waals surface area contributed by atoms with Crippen molar-refractivity contribution in [1.82, 2.24) is 0 Å². The zero-order valence-electron chi connectivity index (χ0n) is 10.6. The molecule has 0 saturated carbocycles. The minimum atomic E-state index is 0.592. The van der Waals surface area contributed by atoms with Gasteiger partial charge in [-0.2, -0.15) is 0 Å². The number of halogens is 1. The lowest BCUT2D eigenvalue weighted by Crippen LogP contribution is -2.41. The zero-order valence-corrected chi connectivity index (χ0v) is 12.2. The van der Waals surface area contributed by atoms with Crippen molar-refractivity contribution in [2.45, 2.75) is 39.3 Å². The number of hydrogen-bond donors (Lipinski definition) is 1. The fourth-order valence-electron chi connectivity index (χ4n) is 2.64. The third-order valence-electron chi connectivity index (χ3n) is 3.73. The molecule has 1 heterocycles. The van der Waals surface area contributed by atoms with Gasteiger partial charge in [-0.15, -0.1) is 0 Å². The lowest BCUT2D eigenvalue weighted by molar-refractivity contribution is 0.390. The summed E-state index contributed by atoms with van der Waals surface area (Å²) in [4.78, 5) is 2.52. The first-order valence-corrected chi connectivity index (χ1v) is 7.17. The predicted molar refractivity (Wildman–Crippen MR) is 77.2 cm³/mol. The number of hydrogen-bond acceptors (Lipinski definition) is 2. The van der Waals surface area contributed by atoms with Crippen molar-refractivity contribution in [1.29, 1.82) is 0 Å². The van der Waals surface area contributed by atoms with E-state index in [1.165, 1.54) is 24.1 Å². The summed E-state index contributed by atoms with van der Waals surface area (Å²) in [6, 6.07) is 6.99. The van der Waals surface area contributed by atoms with E-state index in [4.69, 9.17) is 5.73 Å². The molecule has 2 atom stereocenters. The molecular weight excluding hydrogens is 276 g/mol. The Bertz CT molecular complexity index is 392. The minimum absolute atomic E-state index is 0.592. The van der Waals surface area contributed by atoms with Crippen LogP contribution in [0.3, 0.4) is 0 Å². The highest BCUT2D eigenvalue weighted by atomic mass is 79.9. The molecule has 1 aliphatic rings. The molecule has 2 unspecified atom stereocenters. The van der Waals surface area contributed by atoms with Crippen molar-refractivity contribution in [3.8, 4) is 0 Å². The Morgan fingerprint density at radius 1 is 1.35 bits per heavy atom. The van der Waals surface area contributed by atoms with Crippen LogP contribution in [0.25, 0.3) is 0 Å². The maximum Gasteiger partial charge on any atom is 0.0425 e. The molecule has 0 bridgehead atoms. The lowest BCUT2D eigenvalue weighted by Gasteiger charge is -2.39. The van der Waals surface area contributed by atoms with Gasteiger partial charge in [-0.1, -0.05) is 28.9 Å². The molecule has 3 heteroatoms. The largest absolute Gasteiger partial charge is 0.368 e. The molecule has 0 amide bonds. The standard InChI is InChI=1S/C14H21BrN2/c1-10-6-7-11(2)17(9-10)14-5-3-4-13(15)12(14)8-16/h3-5,10-11H,6-9,16H2,1-2H3. The molecule has 1 aromatic rings. The van der Waals surface area contributed by atoms with Gasteiger partial charge in [-0.3, -0.25) is 0 Å². The van der Waals surface area contributed by atoms with E-state index in [0.29, 0.717) is 12.6 Å². The zero-order chi connectivity index (χ0) is 12.4. The minimum Gasteiger partial charge on any atom is -0.368 e. The molecule has 2 nitrogen and oxygen atoms in total. The van der Waals surface area contributed by atoms with Gasteiger partial charge in [-0.05, 0) is 37.8 Å². The van der Waals surface area contributed by atoms with Crippen molar-refractivity contribution >= 4 is 21.6 Å². The second kappa shape index (κ2) is 5.40. The summed E-state index contributed by atoms with van der Waals surface area (Å²) >= 11 is 3.60. The molecule has 0 aromatic heterocycles. The Balaban J connectivity index is 2.35. The van der Waals surface area contributed by atoms with Gasteiger partial charge in [0.25, 0.3) is 0 Å². The van der Waals surface area contributed by atoms with E-state index in [0.717, 1.165) is 16.9 Å². The van der Waals surface area contributed by atoms with Crippen molar-refractivity contribution in [2.24, 2.45) is 11.7 Å². The predicted octanol–water partition coefficient (Wildman–Crippen LogP) is 3.53. The lowest BCUT2D eigenvalue weighted by atomic mass is 9.94. The maximum atomic E-state index is 5.88. The molecule has 1 saturated heterocycles. The molecule has 17 heavy (non-hydrogen) atoms. The average Bonchev–Trinajstić information content (AvgIpc) is 2.32. The second-order valence-corrected chi connectivity index (χ2v) is 5.98. The van der Waals surface area contributed by atoms with Gasteiger partial charge >= 0.3 is 0 Å². The van der Waals surface area contributed by atoms with E-state index in [2.05, 4.69) is 52.9 Å². The van der Waals surface area contributed by atoms with Crippen molar-refractivity contribution < 1.29 is 0 Å². The Labute approximate surface area is 112 Å². The number of nitrogens with zero attached hydrogens (tertiary/aromatic N) is 1. The number of benzene rings is 1. The number of rotatable bonds is 2. The van der Waals surface area contributed by atoms with Crippen LogP contribution in [0.2, 0.25) is 0 Å². The van der Waals surface area contributed by atoms with Gasteiger partial charge < -0.3 is 10.6 Å². The average molecular weight is 297 g/mol. The number of piperidine rings is 1. The van der Waals surface area contributed by atoms with Crippen LogP contribution in [0.5, 0.6) is 0 Å². The summed E-state index contributed by atoms with van der Waals surface area (Å²) < 4.78 is 1.13. The Hall–Kier alpha value is -0.540. The normalized spacial score (nSPS) is 25.1. The molecule has 0 radical (unpaired) electrons. The molecule has 2 rings (SSSR count). The van der Waals surface area contributed by atoms with E-state index in [1.54, 1.807) is 0 Å². The highest BCUT2D eigenvalue weighted by Crippen LogP contribution is 2.33. The third-order valence-corrected chi connectivity index (χ3v) is 4.47.